The lowest BCUT2D eigenvalue weighted by molar-refractivity contribution is 0.342. The van der Waals surface area contributed by atoms with Gasteiger partial charge in [-0.25, -0.2) is 4.98 Å². The molecule has 4 nitrogen and oxygen atoms in total. The minimum Gasteiger partial charge on any atom is -0.440 e. The molecule has 2 aromatic rings. The molecule has 0 bridgehead atoms. The smallest absolute Gasteiger partial charge is 0.199 e. The third-order valence-electron chi connectivity index (χ3n) is 3.54. The fourth-order valence-corrected chi connectivity index (χ4v) is 2.40. The third kappa shape index (κ3) is 2.73. The second-order valence-electron chi connectivity index (χ2n) is 4.93. The molecule has 1 aromatic heterocycles. The minimum atomic E-state index is 0. The lowest BCUT2D eigenvalue weighted by Gasteiger charge is -2.25. The monoisotopic (exact) mass is 277 g/mol. The zero-order valence-corrected chi connectivity index (χ0v) is 11.5. The first-order valence-corrected chi connectivity index (χ1v) is 6.30. The number of benzene rings is 1. The Hall–Kier alpha value is -1.57. The Morgan fingerprint density at radius 1 is 1.42 bits per heavy atom. The number of nitrogens with one attached hydrogen (secondary N) is 1. The van der Waals surface area contributed by atoms with E-state index in [1.807, 2.05) is 6.07 Å². The zero-order chi connectivity index (χ0) is 12.5. The molecule has 0 amide bonds. The van der Waals surface area contributed by atoms with E-state index in [1.54, 1.807) is 12.1 Å². The Bertz CT molecular complexity index is 609. The van der Waals surface area contributed by atoms with Crippen LogP contribution in [0.15, 0.2) is 22.6 Å². The van der Waals surface area contributed by atoms with Crippen LogP contribution in [0.2, 0.25) is 0 Å². The topological polar surface area (TPSA) is 61.9 Å². The van der Waals surface area contributed by atoms with Gasteiger partial charge in [0.15, 0.2) is 11.5 Å². The summed E-state index contributed by atoms with van der Waals surface area (Å²) in [4.78, 5) is 4.51. The summed E-state index contributed by atoms with van der Waals surface area (Å²) in [5.41, 5.74) is 2.17. The van der Waals surface area contributed by atoms with E-state index in [1.165, 1.54) is 0 Å². The van der Waals surface area contributed by atoms with E-state index in [-0.39, 0.29) is 12.4 Å². The molecule has 1 aliphatic heterocycles. The summed E-state index contributed by atoms with van der Waals surface area (Å²) in [6.07, 6.45) is 2.25. The highest BCUT2D eigenvalue weighted by Crippen LogP contribution is 2.27. The van der Waals surface area contributed by atoms with Crippen LogP contribution in [0, 0.1) is 11.3 Å². The van der Waals surface area contributed by atoms with Crippen LogP contribution >= 0.6 is 12.4 Å². The molecule has 1 aliphatic rings. The Morgan fingerprint density at radius 3 is 2.95 bits per heavy atom. The van der Waals surface area contributed by atoms with Gasteiger partial charge >= 0.3 is 0 Å². The molecule has 3 rings (SSSR count). The fourth-order valence-electron chi connectivity index (χ4n) is 2.40. The van der Waals surface area contributed by atoms with Crippen molar-refractivity contribution in [1.29, 1.82) is 5.26 Å². The average Bonchev–Trinajstić information content (AvgIpc) is 2.82. The molecule has 1 saturated heterocycles. The predicted molar refractivity (Wildman–Crippen MR) is 75.4 cm³/mol. The molecule has 2 atom stereocenters. The number of aromatic nitrogens is 1. The minimum absolute atomic E-state index is 0. The molecule has 19 heavy (non-hydrogen) atoms. The van der Waals surface area contributed by atoms with Gasteiger partial charge in [0.25, 0.3) is 0 Å². The van der Waals surface area contributed by atoms with E-state index in [0.29, 0.717) is 17.5 Å². The highest BCUT2D eigenvalue weighted by molar-refractivity contribution is 5.85. The van der Waals surface area contributed by atoms with Crippen LogP contribution in [-0.2, 0) is 0 Å². The summed E-state index contributed by atoms with van der Waals surface area (Å²) in [7, 11) is 0. The summed E-state index contributed by atoms with van der Waals surface area (Å²) in [6, 6.07) is 8.06. The molecular formula is C14H16ClN3O. The largest absolute Gasteiger partial charge is 0.440 e. The van der Waals surface area contributed by atoms with E-state index in [4.69, 9.17) is 9.68 Å². The molecule has 2 heterocycles. The number of fused-ring (bicyclic) bond motifs is 1. The Kier molecular flexibility index (Phi) is 4.08. The number of nitrogens with zero attached hydrogens (tertiary/aromatic N) is 2. The maximum absolute atomic E-state index is 8.86. The molecule has 1 fully saturated rings. The van der Waals surface area contributed by atoms with Crippen LogP contribution in [0.25, 0.3) is 11.1 Å². The normalized spacial score (nSPS) is 22.7. The summed E-state index contributed by atoms with van der Waals surface area (Å²) < 4.78 is 5.78. The summed E-state index contributed by atoms with van der Waals surface area (Å²) in [5.74, 6) is 1.14. The second kappa shape index (κ2) is 5.60. The molecule has 0 spiro atoms. The zero-order valence-electron chi connectivity index (χ0n) is 10.7. The van der Waals surface area contributed by atoms with Gasteiger partial charge in [-0.2, -0.15) is 5.26 Å². The number of piperidine rings is 1. The molecule has 100 valence electrons. The van der Waals surface area contributed by atoms with Gasteiger partial charge in [-0.15, -0.1) is 12.4 Å². The lowest BCUT2D eigenvalue weighted by atomic mass is 9.95. The molecular weight excluding hydrogens is 262 g/mol. The van der Waals surface area contributed by atoms with Gasteiger partial charge in [-0.3, -0.25) is 0 Å². The van der Waals surface area contributed by atoms with Gasteiger partial charge in [0.05, 0.1) is 11.6 Å². The van der Waals surface area contributed by atoms with Crippen molar-refractivity contribution in [3.63, 3.8) is 0 Å². The van der Waals surface area contributed by atoms with Gasteiger partial charge in [0, 0.05) is 18.5 Å². The van der Waals surface area contributed by atoms with Crippen LogP contribution in [0.5, 0.6) is 0 Å². The molecule has 0 radical (unpaired) electrons. The number of halogens is 1. The summed E-state index contributed by atoms with van der Waals surface area (Å²) in [6.45, 7) is 3.11. The number of rotatable bonds is 1. The van der Waals surface area contributed by atoms with Crippen molar-refractivity contribution in [3.05, 3.63) is 29.7 Å². The molecule has 1 N–H and O–H groups in total. The van der Waals surface area contributed by atoms with Crippen molar-refractivity contribution in [2.45, 2.75) is 31.7 Å². The Balaban J connectivity index is 0.00000133. The first-order chi connectivity index (χ1) is 8.76. The van der Waals surface area contributed by atoms with Crippen molar-refractivity contribution in [2.75, 3.05) is 6.54 Å². The van der Waals surface area contributed by atoms with Gasteiger partial charge in [-0.05, 0) is 38.0 Å². The van der Waals surface area contributed by atoms with Crippen LogP contribution in [0.4, 0.5) is 0 Å². The van der Waals surface area contributed by atoms with Crippen molar-refractivity contribution >= 4 is 23.5 Å². The first kappa shape index (κ1) is 13.9. The van der Waals surface area contributed by atoms with Crippen LogP contribution < -0.4 is 5.32 Å². The molecule has 1 aromatic carbocycles. The van der Waals surface area contributed by atoms with Crippen molar-refractivity contribution in [2.24, 2.45) is 0 Å². The Morgan fingerprint density at radius 2 is 2.26 bits per heavy atom. The molecule has 5 heteroatoms. The molecule has 0 aliphatic carbocycles. The van der Waals surface area contributed by atoms with Crippen molar-refractivity contribution in [3.8, 4) is 6.07 Å². The predicted octanol–water partition coefficient (Wildman–Crippen LogP) is 2.98. The van der Waals surface area contributed by atoms with E-state index in [0.717, 1.165) is 36.4 Å². The van der Waals surface area contributed by atoms with E-state index in [9.17, 15) is 0 Å². The quantitative estimate of drug-likeness (QED) is 0.870. The standard InChI is InChI=1S/C14H15N3O.ClH/c1-9-2-4-11(8-16-9)14-17-12-6-10(7-15)3-5-13(12)18-14;/h3,5-6,9,11,16H,2,4,8H2,1H3;1H/t9-,11-;/m1./s1. The lowest BCUT2D eigenvalue weighted by Crippen LogP contribution is -2.35. The van der Waals surface area contributed by atoms with Crippen LogP contribution in [0.1, 0.15) is 37.1 Å². The summed E-state index contributed by atoms with van der Waals surface area (Å²) >= 11 is 0. The highest BCUT2D eigenvalue weighted by Gasteiger charge is 2.23. The van der Waals surface area contributed by atoms with Crippen molar-refractivity contribution < 1.29 is 4.42 Å². The van der Waals surface area contributed by atoms with E-state index in [2.05, 4.69) is 23.3 Å². The van der Waals surface area contributed by atoms with E-state index >= 15 is 0 Å². The Labute approximate surface area is 118 Å². The number of oxazole rings is 1. The van der Waals surface area contributed by atoms with Crippen LogP contribution in [0.3, 0.4) is 0 Å². The molecule has 0 saturated carbocycles. The summed E-state index contributed by atoms with van der Waals surface area (Å²) in [5, 5.41) is 12.3. The number of hydrogen-bond donors (Lipinski definition) is 1. The third-order valence-corrected chi connectivity index (χ3v) is 3.54. The van der Waals surface area contributed by atoms with E-state index < -0.39 is 0 Å². The number of nitriles is 1. The van der Waals surface area contributed by atoms with Crippen molar-refractivity contribution in [1.82, 2.24) is 10.3 Å². The first-order valence-electron chi connectivity index (χ1n) is 6.30. The fraction of sp³-hybridized carbons (Fsp3) is 0.429. The van der Waals surface area contributed by atoms with Gasteiger partial charge in [-0.1, -0.05) is 0 Å². The van der Waals surface area contributed by atoms with Crippen LogP contribution in [-0.4, -0.2) is 17.6 Å². The second-order valence-corrected chi connectivity index (χ2v) is 4.93. The highest BCUT2D eigenvalue weighted by atomic mass is 35.5. The SMILES string of the molecule is C[C@@H]1CC[C@@H](c2nc3cc(C#N)ccc3o2)CN1.Cl. The van der Waals surface area contributed by atoms with Gasteiger partial charge in [0.1, 0.15) is 5.52 Å². The molecule has 0 unspecified atom stereocenters. The van der Waals surface area contributed by atoms with Gasteiger partial charge in [0.2, 0.25) is 0 Å². The average molecular weight is 278 g/mol. The maximum atomic E-state index is 8.86. The van der Waals surface area contributed by atoms with Gasteiger partial charge < -0.3 is 9.73 Å². The number of hydrogen-bond acceptors (Lipinski definition) is 4. The maximum Gasteiger partial charge on any atom is 0.199 e.